The summed E-state index contributed by atoms with van der Waals surface area (Å²) in [5.74, 6) is 1.95. The van der Waals surface area contributed by atoms with E-state index in [0.717, 1.165) is 44.3 Å². The van der Waals surface area contributed by atoms with Crippen LogP contribution in [-0.2, 0) is 13.0 Å². The number of nitrogens with zero attached hydrogens (tertiary/aromatic N) is 3. The molecule has 1 heterocycles. The number of imidazole rings is 1. The molecule has 0 aliphatic carbocycles. The Morgan fingerprint density at radius 1 is 1.24 bits per heavy atom. The second-order valence-corrected chi connectivity index (χ2v) is 5.92. The van der Waals surface area contributed by atoms with Crippen molar-refractivity contribution in [2.75, 3.05) is 13.1 Å². The predicted molar refractivity (Wildman–Crippen MR) is 116 cm³/mol. The molecule has 1 atom stereocenters. The molecule has 0 saturated carbocycles. The van der Waals surface area contributed by atoms with Crippen molar-refractivity contribution in [2.24, 2.45) is 4.99 Å². The van der Waals surface area contributed by atoms with Crippen molar-refractivity contribution in [1.29, 1.82) is 0 Å². The van der Waals surface area contributed by atoms with Gasteiger partial charge in [-0.25, -0.2) is 4.98 Å². The average molecular weight is 455 g/mol. The van der Waals surface area contributed by atoms with Gasteiger partial charge in [-0.2, -0.15) is 0 Å². The van der Waals surface area contributed by atoms with Gasteiger partial charge in [0.05, 0.1) is 0 Å². The lowest BCUT2D eigenvalue weighted by Crippen LogP contribution is -2.42. The highest BCUT2D eigenvalue weighted by molar-refractivity contribution is 14.0. The summed E-state index contributed by atoms with van der Waals surface area (Å²) < 4.78 is 2.19. The Hall–Kier alpha value is -1.57. The molecular formula is C19H30IN5. The highest BCUT2D eigenvalue weighted by Gasteiger charge is 2.05. The summed E-state index contributed by atoms with van der Waals surface area (Å²) in [5, 5.41) is 6.71. The first-order valence-electron chi connectivity index (χ1n) is 8.81. The van der Waals surface area contributed by atoms with Gasteiger partial charge in [0.15, 0.2) is 5.96 Å². The summed E-state index contributed by atoms with van der Waals surface area (Å²) in [6.07, 6.45) is 5.81. The summed E-state index contributed by atoms with van der Waals surface area (Å²) in [6.45, 7) is 8.86. The van der Waals surface area contributed by atoms with Crippen molar-refractivity contribution in [1.82, 2.24) is 20.2 Å². The smallest absolute Gasteiger partial charge is 0.191 e. The van der Waals surface area contributed by atoms with E-state index in [1.807, 2.05) is 18.5 Å². The van der Waals surface area contributed by atoms with Crippen LogP contribution in [0.4, 0.5) is 0 Å². The maximum atomic E-state index is 4.67. The maximum absolute atomic E-state index is 4.67. The zero-order chi connectivity index (χ0) is 17.2. The predicted octanol–water partition coefficient (Wildman–Crippen LogP) is 3.45. The Kier molecular flexibility index (Phi) is 10.2. The Labute approximate surface area is 168 Å². The quantitative estimate of drug-likeness (QED) is 0.364. The Bertz CT molecular complexity index is 624. The second-order valence-electron chi connectivity index (χ2n) is 5.92. The van der Waals surface area contributed by atoms with Gasteiger partial charge in [0.2, 0.25) is 0 Å². The molecule has 0 fully saturated rings. The minimum Gasteiger partial charge on any atom is -0.357 e. The third kappa shape index (κ3) is 7.46. The number of halogens is 1. The minimum atomic E-state index is 0. The van der Waals surface area contributed by atoms with Crippen molar-refractivity contribution < 1.29 is 0 Å². The highest BCUT2D eigenvalue weighted by atomic mass is 127. The molecule has 5 nitrogen and oxygen atoms in total. The van der Waals surface area contributed by atoms with Crippen LogP contribution >= 0.6 is 24.0 Å². The van der Waals surface area contributed by atoms with E-state index < -0.39 is 0 Å². The second kappa shape index (κ2) is 11.9. The minimum absolute atomic E-state index is 0. The summed E-state index contributed by atoms with van der Waals surface area (Å²) in [6, 6.07) is 10.9. The van der Waals surface area contributed by atoms with E-state index in [2.05, 4.69) is 70.2 Å². The van der Waals surface area contributed by atoms with Crippen molar-refractivity contribution >= 4 is 29.9 Å². The van der Waals surface area contributed by atoms with E-state index in [-0.39, 0.29) is 24.0 Å². The van der Waals surface area contributed by atoms with Crippen LogP contribution in [0.3, 0.4) is 0 Å². The molecule has 0 saturated heterocycles. The summed E-state index contributed by atoms with van der Waals surface area (Å²) in [5.41, 5.74) is 1.28. The van der Waals surface area contributed by atoms with Crippen LogP contribution in [0.15, 0.2) is 47.7 Å². The molecule has 1 unspecified atom stereocenters. The lowest BCUT2D eigenvalue weighted by Gasteiger charge is -2.16. The SMILES string of the molecule is CCNC(=NCCc1nccn1Cc1ccccc1)NC(C)CC.I. The fourth-order valence-electron chi connectivity index (χ4n) is 2.42. The van der Waals surface area contributed by atoms with E-state index in [1.165, 1.54) is 5.56 Å². The third-order valence-electron chi connectivity index (χ3n) is 3.94. The van der Waals surface area contributed by atoms with Crippen LogP contribution in [0.1, 0.15) is 38.6 Å². The normalized spacial score (nSPS) is 12.4. The molecule has 1 aromatic carbocycles. The number of nitrogens with one attached hydrogen (secondary N) is 2. The van der Waals surface area contributed by atoms with Gasteiger partial charge < -0.3 is 15.2 Å². The molecule has 2 N–H and O–H groups in total. The van der Waals surface area contributed by atoms with Gasteiger partial charge in [-0.3, -0.25) is 4.99 Å². The Morgan fingerprint density at radius 3 is 2.68 bits per heavy atom. The molecule has 6 heteroatoms. The first-order valence-corrected chi connectivity index (χ1v) is 8.81. The first-order chi connectivity index (χ1) is 11.7. The number of guanidine groups is 1. The first kappa shape index (κ1) is 21.5. The molecule has 1 aromatic heterocycles. The van der Waals surface area contributed by atoms with Crippen LogP contribution in [-0.4, -0.2) is 34.6 Å². The van der Waals surface area contributed by atoms with Gasteiger partial charge in [-0.15, -0.1) is 24.0 Å². The van der Waals surface area contributed by atoms with Crippen molar-refractivity contribution in [3.63, 3.8) is 0 Å². The number of hydrogen-bond acceptors (Lipinski definition) is 2. The van der Waals surface area contributed by atoms with E-state index in [1.54, 1.807) is 0 Å². The monoisotopic (exact) mass is 455 g/mol. The summed E-state index contributed by atoms with van der Waals surface area (Å²) in [4.78, 5) is 9.15. The molecule has 2 aromatic rings. The van der Waals surface area contributed by atoms with Crippen LogP contribution in [0, 0.1) is 0 Å². The standard InChI is InChI=1S/C19H29N5.HI/c1-4-16(3)23-19(20-5-2)22-12-11-18-21-13-14-24(18)15-17-9-7-6-8-10-17;/h6-10,13-14,16H,4-5,11-12,15H2,1-3H3,(H2,20,22,23);1H. The van der Waals surface area contributed by atoms with Crippen molar-refractivity contribution in [3.8, 4) is 0 Å². The van der Waals surface area contributed by atoms with E-state index in [4.69, 9.17) is 0 Å². The van der Waals surface area contributed by atoms with Crippen LogP contribution in [0.25, 0.3) is 0 Å². The number of benzene rings is 1. The average Bonchev–Trinajstić information content (AvgIpc) is 3.03. The lowest BCUT2D eigenvalue weighted by molar-refractivity contribution is 0.623. The van der Waals surface area contributed by atoms with Crippen molar-refractivity contribution in [2.45, 2.75) is 46.2 Å². The zero-order valence-electron chi connectivity index (χ0n) is 15.4. The Morgan fingerprint density at radius 2 is 2.00 bits per heavy atom. The summed E-state index contributed by atoms with van der Waals surface area (Å²) in [7, 11) is 0. The Balaban J connectivity index is 0.00000312. The van der Waals surface area contributed by atoms with Crippen LogP contribution in [0.5, 0.6) is 0 Å². The van der Waals surface area contributed by atoms with Gasteiger partial charge in [0.1, 0.15) is 5.82 Å². The van der Waals surface area contributed by atoms with Gasteiger partial charge in [0, 0.05) is 44.5 Å². The van der Waals surface area contributed by atoms with E-state index in [9.17, 15) is 0 Å². The third-order valence-corrected chi connectivity index (χ3v) is 3.94. The lowest BCUT2D eigenvalue weighted by atomic mass is 10.2. The van der Waals surface area contributed by atoms with Crippen LogP contribution < -0.4 is 10.6 Å². The van der Waals surface area contributed by atoms with Gasteiger partial charge >= 0.3 is 0 Å². The topological polar surface area (TPSA) is 54.2 Å². The molecule has 25 heavy (non-hydrogen) atoms. The molecule has 0 aliphatic rings. The molecule has 138 valence electrons. The number of hydrogen-bond donors (Lipinski definition) is 2. The fourth-order valence-corrected chi connectivity index (χ4v) is 2.42. The molecule has 0 bridgehead atoms. The largest absolute Gasteiger partial charge is 0.357 e. The zero-order valence-corrected chi connectivity index (χ0v) is 17.7. The van der Waals surface area contributed by atoms with Gasteiger partial charge in [0.25, 0.3) is 0 Å². The molecule has 0 spiro atoms. The van der Waals surface area contributed by atoms with Crippen molar-refractivity contribution in [3.05, 3.63) is 54.1 Å². The molecule has 2 rings (SSSR count). The van der Waals surface area contributed by atoms with Gasteiger partial charge in [-0.1, -0.05) is 37.3 Å². The molecular weight excluding hydrogens is 425 g/mol. The summed E-state index contributed by atoms with van der Waals surface area (Å²) >= 11 is 0. The van der Waals surface area contributed by atoms with E-state index >= 15 is 0 Å². The van der Waals surface area contributed by atoms with E-state index in [0.29, 0.717) is 6.04 Å². The number of aromatic nitrogens is 2. The molecule has 0 radical (unpaired) electrons. The molecule has 0 amide bonds. The fraction of sp³-hybridized carbons (Fsp3) is 0.474. The molecule has 0 aliphatic heterocycles. The van der Waals surface area contributed by atoms with Crippen LogP contribution in [0.2, 0.25) is 0 Å². The number of rotatable bonds is 8. The maximum Gasteiger partial charge on any atom is 0.191 e. The highest BCUT2D eigenvalue weighted by Crippen LogP contribution is 2.06. The number of aliphatic imine (C=N–C) groups is 1. The van der Waals surface area contributed by atoms with Gasteiger partial charge in [-0.05, 0) is 25.8 Å².